The van der Waals surface area contributed by atoms with Gasteiger partial charge in [0.25, 0.3) is 0 Å². The van der Waals surface area contributed by atoms with Gasteiger partial charge in [-0.1, -0.05) is 232 Å². The van der Waals surface area contributed by atoms with Crippen molar-refractivity contribution < 1.29 is 28.6 Å². The minimum absolute atomic E-state index is 0.0673. The van der Waals surface area contributed by atoms with Gasteiger partial charge in [-0.25, -0.2) is 0 Å². The van der Waals surface area contributed by atoms with Crippen LogP contribution in [0.3, 0.4) is 0 Å². The van der Waals surface area contributed by atoms with Crippen LogP contribution in [0, 0.1) is 0 Å². The molecule has 0 saturated heterocycles. The standard InChI is InChI=1S/C52H98O6/c1-4-7-10-13-16-19-22-25-28-30-33-36-39-42-45-51(54)57-48-49(58-52(55)46-43-40-37-34-31-27-24-21-18-15-12-9-6-3)47-56-50(53)44-41-38-35-32-29-26-23-20-17-14-11-8-5-2/h22,25,49H,4-21,23-24,26-48H2,1-3H3/b25-22-/t49-/m0/s1. The van der Waals surface area contributed by atoms with Crippen LogP contribution in [0.5, 0.6) is 0 Å². The van der Waals surface area contributed by atoms with Crippen LogP contribution < -0.4 is 0 Å². The fraction of sp³-hybridized carbons (Fsp3) is 0.904. The van der Waals surface area contributed by atoms with E-state index in [0.29, 0.717) is 19.3 Å². The summed E-state index contributed by atoms with van der Waals surface area (Å²) < 4.78 is 16.8. The Bertz CT molecular complexity index is 900. The van der Waals surface area contributed by atoms with E-state index in [1.54, 1.807) is 0 Å². The Labute approximate surface area is 360 Å². The molecule has 0 N–H and O–H groups in total. The number of unbranched alkanes of at least 4 members (excludes halogenated alkanes) is 34. The van der Waals surface area contributed by atoms with E-state index in [9.17, 15) is 14.4 Å². The first-order chi connectivity index (χ1) is 28.5. The number of esters is 3. The number of carbonyl (C=O) groups excluding carboxylic acids is 3. The molecule has 0 aromatic heterocycles. The third kappa shape index (κ3) is 45.2. The lowest BCUT2D eigenvalue weighted by Crippen LogP contribution is -2.30. The van der Waals surface area contributed by atoms with E-state index >= 15 is 0 Å². The molecule has 0 unspecified atom stereocenters. The molecule has 0 bridgehead atoms. The van der Waals surface area contributed by atoms with Crippen molar-refractivity contribution in [3.8, 4) is 0 Å². The summed E-state index contributed by atoms with van der Waals surface area (Å²) in [5, 5.41) is 0. The van der Waals surface area contributed by atoms with Gasteiger partial charge in [0, 0.05) is 19.3 Å². The number of hydrogen-bond acceptors (Lipinski definition) is 6. The molecule has 1 atom stereocenters. The van der Waals surface area contributed by atoms with Crippen LogP contribution in [0.2, 0.25) is 0 Å². The third-order valence-electron chi connectivity index (χ3n) is 11.5. The highest BCUT2D eigenvalue weighted by Crippen LogP contribution is 2.16. The van der Waals surface area contributed by atoms with Crippen LogP contribution in [0.1, 0.15) is 284 Å². The molecule has 0 fully saturated rings. The molecule has 342 valence electrons. The minimum atomic E-state index is -0.765. The molecule has 0 radical (unpaired) electrons. The topological polar surface area (TPSA) is 78.9 Å². The van der Waals surface area contributed by atoms with E-state index in [2.05, 4.69) is 32.9 Å². The lowest BCUT2D eigenvalue weighted by molar-refractivity contribution is -0.167. The fourth-order valence-electron chi connectivity index (χ4n) is 7.61. The summed E-state index contributed by atoms with van der Waals surface area (Å²) in [6.45, 7) is 6.65. The molecule has 0 aromatic rings. The van der Waals surface area contributed by atoms with Crippen molar-refractivity contribution in [1.82, 2.24) is 0 Å². The van der Waals surface area contributed by atoms with Crippen LogP contribution in [0.25, 0.3) is 0 Å². The Morgan fingerprint density at radius 2 is 0.569 bits per heavy atom. The highest BCUT2D eigenvalue weighted by molar-refractivity contribution is 5.71. The molecule has 0 saturated carbocycles. The average molecular weight is 819 g/mol. The van der Waals surface area contributed by atoms with E-state index in [0.717, 1.165) is 64.2 Å². The molecular weight excluding hydrogens is 721 g/mol. The lowest BCUT2D eigenvalue weighted by atomic mass is 10.0. The maximum Gasteiger partial charge on any atom is 0.306 e. The SMILES string of the molecule is CCCCCCC/C=C\CCCCCCCC(=O)OC[C@H](COC(=O)CCCCCCCCCCCCCCC)OC(=O)CCCCCCCCCCCCCCC. The smallest absolute Gasteiger partial charge is 0.306 e. The first-order valence-corrected chi connectivity index (χ1v) is 25.7. The van der Waals surface area contributed by atoms with Gasteiger partial charge in [0.1, 0.15) is 13.2 Å². The maximum absolute atomic E-state index is 12.8. The summed E-state index contributed by atoms with van der Waals surface area (Å²) >= 11 is 0. The van der Waals surface area contributed by atoms with Crippen LogP contribution in [-0.2, 0) is 28.6 Å². The summed E-state index contributed by atoms with van der Waals surface area (Å²) in [6, 6.07) is 0. The molecule has 58 heavy (non-hydrogen) atoms. The van der Waals surface area contributed by atoms with Crippen molar-refractivity contribution >= 4 is 17.9 Å². The zero-order valence-electron chi connectivity index (χ0n) is 39.1. The Morgan fingerprint density at radius 1 is 0.328 bits per heavy atom. The van der Waals surface area contributed by atoms with Gasteiger partial charge in [0.05, 0.1) is 0 Å². The quantitative estimate of drug-likeness (QED) is 0.0263. The van der Waals surface area contributed by atoms with Gasteiger partial charge in [0.15, 0.2) is 6.10 Å². The summed E-state index contributed by atoms with van der Waals surface area (Å²) in [4.78, 5) is 37.9. The summed E-state index contributed by atoms with van der Waals surface area (Å²) in [7, 11) is 0. The molecule has 0 aliphatic rings. The van der Waals surface area contributed by atoms with Crippen LogP contribution >= 0.6 is 0 Å². The lowest BCUT2D eigenvalue weighted by Gasteiger charge is -2.18. The molecule has 0 amide bonds. The van der Waals surface area contributed by atoms with Crippen molar-refractivity contribution in [2.24, 2.45) is 0 Å². The van der Waals surface area contributed by atoms with Crippen LogP contribution in [0.4, 0.5) is 0 Å². The predicted octanol–water partition coefficient (Wildman–Crippen LogP) is 16.6. The van der Waals surface area contributed by atoms with Crippen LogP contribution in [0.15, 0.2) is 12.2 Å². The highest BCUT2D eigenvalue weighted by Gasteiger charge is 2.19. The van der Waals surface area contributed by atoms with E-state index < -0.39 is 6.10 Å². The second-order valence-electron chi connectivity index (χ2n) is 17.4. The Balaban J connectivity index is 4.34. The van der Waals surface area contributed by atoms with Gasteiger partial charge >= 0.3 is 17.9 Å². The molecule has 0 spiro atoms. The molecule has 6 heteroatoms. The van der Waals surface area contributed by atoms with E-state index in [4.69, 9.17) is 14.2 Å². The van der Waals surface area contributed by atoms with Crippen molar-refractivity contribution in [3.05, 3.63) is 12.2 Å². The molecule has 0 aliphatic carbocycles. The molecule has 0 rings (SSSR count). The first kappa shape index (κ1) is 56.1. The Hall–Kier alpha value is -1.85. The van der Waals surface area contributed by atoms with E-state index in [1.807, 2.05) is 0 Å². The minimum Gasteiger partial charge on any atom is -0.462 e. The monoisotopic (exact) mass is 819 g/mol. The van der Waals surface area contributed by atoms with Gasteiger partial charge in [-0.05, 0) is 44.9 Å². The second-order valence-corrected chi connectivity index (χ2v) is 17.4. The number of ether oxygens (including phenoxy) is 3. The highest BCUT2D eigenvalue weighted by atomic mass is 16.6. The number of hydrogen-bond donors (Lipinski definition) is 0. The number of rotatable bonds is 47. The number of carbonyl (C=O) groups is 3. The molecule has 0 heterocycles. The van der Waals surface area contributed by atoms with Crippen LogP contribution in [-0.4, -0.2) is 37.2 Å². The summed E-state index contributed by atoms with van der Waals surface area (Å²) in [6.07, 6.45) is 51.9. The van der Waals surface area contributed by atoms with Crippen molar-refractivity contribution in [2.75, 3.05) is 13.2 Å². The average Bonchev–Trinajstić information content (AvgIpc) is 3.22. The van der Waals surface area contributed by atoms with Gasteiger partial charge in [-0.15, -0.1) is 0 Å². The Kier molecular flexibility index (Phi) is 46.3. The van der Waals surface area contributed by atoms with E-state index in [-0.39, 0.29) is 31.1 Å². The van der Waals surface area contributed by atoms with Gasteiger partial charge < -0.3 is 14.2 Å². The van der Waals surface area contributed by atoms with Gasteiger partial charge in [0.2, 0.25) is 0 Å². The van der Waals surface area contributed by atoms with Gasteiger partial charge in [-0.3, -0.25) is 14.4 Å². The van der Waals surface area contributed by atoms with Crippen molar-refractivity contribution in [1.29, 1.82) is 0 Å². The molecule has 0 aliphatic heterocycles. The molecule has 6 nitrogen and oxygen atoms in total. The fourth-order valence-corrected chi connectivity index (χ4v) is 7.61. The predicted molar refractivity (Wildman–Crippen MR) is 247 cm³/mol. The zero-order chi connectivity index (χ0) is 42.3. The maximum atomic E-state index is 12.8. The normalized spacial score (nSPS) is 12.0. The zero-order valence-corrected chi connectivity index (χ0v) is 39.1. The third-order valence-corrected chi connectivity index (χ3v) is 11.5. The summed E-state index contributed by atoms with van der Waals surface area (Å²) in [5.74, 6) is -0.860. The van der Waals surface area contributed by atoms with Gasteiger partial charge in [-0.2, -0.15) is 0 Å². The summed E-state index contributed by atoms with van der Waals surface area (Å²) in [5.41, 5.74) is 0. The Morgan fingerprint density at radius 3 is 0.862 bits per heavy atom. The second kappa shape index (κ2) is 47.8. The van der Waals surface area contributed by atoms with E-state index in [1.165, 1.54) is 180 Å². The first-order valence-electron chi connectivity index (χ1n) is 25.7. The molecular formula is C52H98O6. The number of allylic oxidation sites excluding steroid dienone is 2. The largest absolute Gasteiger partial charge is 0.462 e. The molecule has 0 aromatic carbocycles. The van der Waals surface area contributed by atoms with Crippen molar-refractivity contribution in [2.45, 2.75) is 290 Å². The van der Waals surface area contributed by atoms with Crippen molar-refractivity contribution in [3.63, 3.8) is 0 Å².